The molecule has 0 heterocycles. The molecule has 0 saturated carbocycles. The van der Waals surface area contributed by atoms with Crippen LogP contribution in [0.2, 0.25) is 0 Å². The van der Waals surface area contributed by atoms with Crippen LogP contribution in [0.5, 0.6) is 0 Å². The van der Waals surface area contributed by atoms with Crippen molar-refractivity contribution < 1.29 is 18.1 Å². The predicted octanol–water partition coefficient (Wildman–Crippen LogP) is 3.11. The van der Waals surface area contributed by atoms with Gasteiger partial charge in [0.25, 0.3) is 15.7 Å². The number of nitro groups is 1. The molecule has 0 spiro atoms. The van der Waals surface area contributed by atoms with Gasteiger partial charge in [0.2, 0.25) is 5.91 Å². The van der Waals surface area contributed by atoms with Crippen LogP contribution in [0.4, 0.5) is 11.4 Å². The van der Waals surface area contributed by atoms with E-state index in [1.807, 2.05) is 13.8 Å². The van der Waals surface area contributed by atoms with E-state index < -0.39 is 14.9 Å². The summed E-state index contributed by atoms with van der Waals surface area (Å²) in [7, 11) is -3.99. The average Bonchev–Trinajstić information content (AvgIpc) is 2.64. The maximum Gasteiger partial charge on any atom is 0.270 e. The number of carbonyl (C=O) groups is 1. The molecule has 2 aromatic carbocycles. The molecule has 0 atom stereocenters. The Bertz CT molecular complexity index is 968. The van der Waals surface area contributed by atoms with Crippen LogP contribution in [-0.4, -0.2) is 37.2 Å². The summed E-state index contributed by atoms with van der Waals surface area (Å²) in [6, 6.07) is 10.2. The summed E-state index contributed by atoms with van der Waals surface area (Å²) >= 11 is 0. The second-order valence-corrected chi connectivity index (χ2v) is 7.90. The van der Waals surface area contributed by atoms with Gasteiger partial charge in [0, 0.05) is 30.9 Å². The summed E-state index contributed by atoms with van der Waals surface area (Å²) in [6.45, 7) is 6.66. The highest BCUT2D eigenvalue weighted by molar-refractivity contribution is 7.92. The Labute approximate surface area is 164 Å². The van der Waals surface area contributed by atoms with Crippen LogP contribution in [0, 0.1) is 17.0 Å². The third-order valence-electron chi connectivity index (χ3n) is 4.35. The molecule has 0 aliphatic carbocycles. The van der Waals surface area contributed by atoms with Crippen molar-refractivity contribution in [2.45, 2.75) is 32.1 Å². The van der Waals surface area contributed by atoms with Gasteiger partial charge in [-0.05, 0) is 44.0 Å². The number of hydrogen-bond acceptors (Lipinski definition) is 5. The molecule has 0 unspecified atom stereocenters. The number of nitrogens with zero attached hydrogens (tertiary/aromatic N) is 2. The van der Waals surface area contributed by atoms with E-state index in [0.717, 1.165) is 11.6 Å². The number of amides is 1. The van der Waals surface area contributed by atoms with Crippen molar-refractivity contribution in [1.82, 2.24) is 4.90 Å². The Morgan fingerprint density at radius 3 is 2.25 bits per heavy atom. The van der Waals surface area contributed by atoms with Gasteiger partial charge in [-0.3, -0.25) is 19.6 Å². The Balaban J connectivity index is 2.18. The molecule has 0 bridgehead atoms. The number of nitrogens with one attached hydrogen (secondary N) is 1. The summed E-state index contributed by atoms with van der Waals surface area (Å²) in [5, 5.41) is 10.9. The van der Waals surface area contributed by atoms with Crippen LogP contribution in [0.1, 0.15) is 25.0 Å². The van der Waals surface area contributed by atoms with E-state index in [2.05, 4.69) is 4.72 Å². The number of sulfonamides is 1. The summed E-state index contributed by atoms with van der Waals surface area (Å²) in [4.78, 5) is 24.0. The molecular weight excluding hydrogens is 382 g/mol. The van der Waals surface area contributed by atoms with Gasteiger partial charge in [0.1, 0.15) is 0 Å². The normalized spacial score (nSPS) is 11.1. The lowest BCUT2D eigenvalue weighted by molar-refractivity contribution is -0.385. The van der Waals surface area contributed by atoms with Crippen molar-refractivity contribution in [2.75, 3.05) is 17.8 Å². The van der Waals surface area contributed by atoms with E-state index in [9.17, 15) is 23.3 Å². The van der Waals surface area contributed by atoms with E-state index in [4.69, 9.17) is 0 Å². The molecule has 150 valence electrons. The standard InChI is InChI=1S/C19H23N3O5S/c1-4-21(5-2)19(23)12-15-7-9-16(10-8-15)20-28(26,27)18-13-17(22(24)25)11-6-14(18)3/h6-11,13,20H,4-5,12H2,1-3H3. The third-order valence-corrected chi connectivity index (χ3v) is 5.87. The van der Waals surface area contributed by atoms with Crippen LogP contribution in [0.3, 0.4) is 0 Å². The lowest BCUT2D eigenvalue weighted by Crippen LogP contribution is -2.31. The second-order valence-electron chi connectivity index (χ2n) is 6.25. The van der Waals surface area contributed by atoms with E-state index in [1.54, 1.807) is 36.1 Å². The molecule has 0 radical (unpaired) electrons. The van der Waals surface area contributed by atoms with Gasteiger partial charge < -0.3 is 4.90 Å². The van der Waals surface area contributed by atoms with Crippen LogP contribution in [0.25, 0.3) is 0 Å². The van der Waals surface area contributed by atoms with Crippen molar-refractivity contribution in [1.29, 1.82) is 0 Å². The smallest absolute Gasteiger partial charge is 0.270 e. The van der Waals surface area contributed by atoms with Gasteiger partial charge in [0.05, 0.1) is 16.2 Å². The SMILES string of the molecule is CCN(CC)C(=O)Cc1ccc(NS(=O)(=O)c2cc([N+](=O)[O-])ccc2C)cc1. The van der Waals surface area contributed by atoms with Crippen molar-refractivity contribution >= 4 is 27.3 Å². The number of aryl methyl sites for hydroxylation is 1. The lowest BCUT2D eigenvalue weighted by Gasteiger charge is -2.18. The van der Waals surface area contributed by atoms with Crippen molar-refractivity contribution in [3.63, 3.8) is 0 Å². The molecule has 28 heavy (non-hydrogen) atoms. The summed E-state index contributed by atoms with van der Waals surface area (Å²) in [5.41, 5.74) is 1.19. The number of non-ortho nitro benzene ring substituents is 1. The summed E-state index contributed by atoms with van der Waals surface area (Å²) < 4.78 is 27.7. The van der Waals surface area contributed by atoms with Crippen LogP contribution < -0.4 is 4.72 Å². The molecule has 0 aromatic heterocycles. The van der Waals surface area contributed by atoms with Gasteiger partial charge in [-0.1, -0.05) is 18.2 Å². The largest absolute Gasteiger partial charge is 0.343 e. The molecule has 0 aliphatic rings. The number of likely N-dealkylation sites (N-methyl/N-ethyl adjacent to an activating group) is 1. The number of rotatable bonds is 8. The van der Waals surface area contributed by atoms with E-state index in [-0.39, 0.29) is 22.9 Å². The molecule has 0 aliphatic heterocycles. The van der Waals surface area contributed by atoms with Crippen LogP contribution in [-0.2, 0) is 21.2 Å². The monoisotopic (exact) mass is 405 g/mol. The van der Waals surface area contributed by atoms with Gasteiger partial charge in [0.15, 0.2) is 0 Å². The van der Waals surface area contributed by atoms with Crippen LogP contribution >= 0.6 is 0 Å². The first-order valence-electron chi connectivity index (χ1n) is 8.82. The zero-order valence-corrected chi connectivity index (χ0v) is 16.8. The van der Waals surface area contributed by atoms with Crippen molar-refractivity contribution in [3.8, 4) is 0 Å². The highest BCUT2D eigenvalue weighted by Crippen LogP contribution is 2.24. The van der Waals surface area contributed by atoms with Crippen molar-refractivity contribution in [2.24, 2.45) is 0 Å². The molecule has 1 N–H and O–H groups in total. The quantitative estimate of drug-likeness (QED) is 0.536. The van der Waals surface area contributed by atoms with E-state index in [1.165, 1.54) is 12.1 Å². The molecule has 0 fully saturated rings. The molecule has 0 saturated heterocycles. The molecule has 2 rings (SSSR count). The minimum Gasteiger partial charge on any atom is -0.343 e. The molecule has 2 aromatic rings. The van der Waals surface area contributed by atoms with E-state index in [0.29, 0.717) is 24.3 Å². The minimum atomic E-state index is -3.99. The first kappa shape index (κ1) is 21.4. The zero-order valence-electron chi connectivity index (χ0n) is 16.0. The van der Waals surface area contributed by atoms with Gasteiger partial charge in [-0.15, -0.1) is 0 Å². The maximum absolute atomic E-state index is 12.6. The lowest BCUT2D eigenvalue weighted by atomic mass is 10.1. The number of hydrogen-bond donors (Lipinski definition) is 1. The summed E-state index contributed by atoms with van der Waals surface area (Å²) in [5.74, 6) is 0.00514. The highest BCUT2D eigenvalue weighted by atomic mass is 32.2. The fraction of sp³-hybridized carbons (Fsp3) is 0.316. The van der Waals surface area contributed by atoms with Crippen LogP contribution in [0.15, 0.2) is 47.4 Å². The first-order chi connectivity index (χ1) is 13.2. The minimum absolute atomic E-state index is 0.00514. The van der Waals surface area contributed by atoms with Crippen molar-refractivity contribution in [3.05, 3.63) is 63.7 Å². The Hall–Kier alpha value is -2.94. The molecule has 9 heteroatoms. The third kappa shape index (κ3) is 5.07. The Morgan fingerprint density at radius 2 is 1.71 bits per heavy atom. The average molecular weight is 405 g/mol. The van der Waals surface area contributed by atoms with Gasteiger partial charge in [-0.2, -0.15) is 0 Å². The van der Waals surface area contributed by atoms with Gasteiger partial charge >= 0.3 is 0 Å². The van der Waals surface area contributed by atoms with Gasteiger partial charge in [-0.25, -0.2) is 8.42 Å². The first-order valence-corrected chi connectivity index (χ1v) is 10.3. The zero-order chi connectivity index (χ0) is 20.9. The van der Waals surface area contributed by atoms with E-state index >= 15 is 0 Å². The summed E-state index contributed by atoms with van der Waals surface area (Å²) in [6.07, 6.45) is 0.235. The number of benzene rings is 2. The molecular formula is C19H23N3O5S. The maximum atomic E-state index is 12.6. The molecule has 8 nitrogen and oxygen atoms in total. The number of carbonyl (C=O) groups excluding carboxylic acids is 1. The molecule has 1 amide bonds. The second kappa shape index (κ2) is 8.83. The number of anilines is 1. The Morgan fingerprint density at radius 1 is 1.11 bits per heavy atom. The fourth-order valence-electron chi connectivity index (χ4n) is 2.76. The topological polar surface area (TPSA) is 110 Å². The predicted molar refractivity (Wildman–Crippen MR) is 107 cm³/mol. The fourth-order valence-corrected chi connectivity index (χ4v) is 4.08. The highest BCUT2D eigenvalue weighted by Gasteiger charge is 2.21. The number of nitro benzene ring substituents is 1. The Kier molecular flexibility index (Phi) is 6.74.